The highest BCUT2D eigenvalue weighted by Gasteiger charge is 2.11. The summed E-state index contributed by atoms with van der Waals surface area (Å²) in [5.41, 5.74) is 1.24. The lowest BCUT2D eigenvalue weighted by atomic mass is 10.1. The smallest absolute Gasteiger partial charge is 0.0537 e. The van der Waals surface area contributed by atoms with Gasteiger partial charge in [0.15, 0.2) is 0 Å². The number of nitrogens with one attached hydrogen (secondary N) is 1. The summed E-state index contributed by atoms with van der Waals surface area (Å²) in [6, 6.07) is 5.12. The molecular weight excluding hydrogens is 230 g/mol. The van der Waals surface area contributed by atoms with Crippen molar-refractivity contribution >= 4 is 11.3 Å². The van der Waals surface area contributed by atoms with Gasteiger partial charge in [0.25, 0.3) is 0 Å². The molecule has 0 aromatic carbocycles. The Kier molecular flexibility index (Phi) is 3.97. The molecule has 2 rings (SSSR count). The van der Waals surface area contributed by atoms with Crippen molar-refractivity contribution in [1.29, 1.82) is 0 Å². The first-order chi connectivity index (χ1) is 8.15. The van der Waals surface area contributed by atoms with Crippen LogP contribution in [-0.2, 0) is 13.5 Å². The van der Waals surface area contributed by atoms with Gasteiger partial charge >= 0.3 is 0 Å². The summed E-state index contributed by atoms with van der Waals surface area (Å²) in [5, 5.41) is 9.93. The first kappa shape index (κ1) is 12.3. The van der Waals surface area contributed by atoms with E-state index in [9.17, 15) is 0 Å². The van der Waals surface area contributed by atoms with Gasteiger partial charge < -0.3 is 5.32 Å². The molecule has 2 heterocycles. The molecule has 0 saturated carbocycles. The van der Waals surface area contributed by atoms with E-state index in [-0.39, 0.29) is 0 Å². The third kappa shape index (κ3) is 3.41. The van der Waals surface area contributed by atoms with Crippen molar-refractivity contribution in [3.05, 3.63) is 40.3 Å². The Hall–Kier alpha value is -1.13. The maximum atomic E-state index is 4.20. The van der Waals surface area contributed by atoms with Gasteiger partial charge in [-0.1, -0.05) is 6.07 Å². The highest BCUT2D eigenvalue weighted by Crippen LogP contribution is 2.15. The van der Waals surface area contributed by atoms with E-state index in [1.165, 1.54) is 10.4 Å². The van der Waals surface area contributed by atoms with Gasteiger partial charge in [-0.25, -0.2) is 0 Å². The lowest BCUT2D eigenvalue weighted by Crippen LogP contribution is -2.30. The van der Waals surface area contributed by atoms with Crippen molar-refractivity contribution in [1.82, 2.24) is 15.1 Å². The Balaban J connectivity index is 1.88. The molecule has 0 bridgehead atoms. The van der Waals surface area contributed by atoms with Gasteiger partial charge in [-0.3, -0.25) is 4.68 Å². The van der Waals surface area contributed by atoms with Crippen LogP contribution < -0.4 is 5.32 Å². The van der Waals surface area contributed by atoms with Crippen molar-refractivity contribution in [2.45, 2.75) is 32.4 Å². The molecule has 0 aliphatic rings. The van der Waals surface area contributed by atoms with E-state index in [0.29, 0.717) is 12.1 Å². The van der Waals surface area contributed by atoms with Gasteiger partial charge in [0.05, 0.1) is 6.20 Å². The summed E-state index contributed by atoms with van der Waals surface area (Å²) in [5.74, 6) is 0. The Morgan fingerprint density at radius 1 is 1.47 bits per heavy atom. The quantitative estimate of drug-likeness (QED) is 0.883. The van der Waals surface area contributed by atoms with Crippen molar-refractivity contribution in [2.75, 3.05) is 0 Å². The molecule has 2 unspecified atom stereocenters. The summed E-state index contributed by atoms with van der Waals surface area (Å²) >= 11 is 1.82. The van der Waals surface area contributed by atoms with Gasteiger partial charge in [-0.15, -0.1) is 11.3 Å². The number of nitrogens with zero attached hydrogens (tertiary/aromatic N) is 2. The second-order valence-corrected chi connectivity index (χ2v) is 5.55. The molecule has 92 valence electrons. The molecule has 17 heavy (non-hydrogen) atoms. The molecule has 2 aromatic heterocycles. The van der Waals surface area contributed by atoms with Crippen LogP contribution in [0.2, 0.25) is 0 Å². The standard InChI is InChI=1S/C13H19N3S/c1-10(7-13-5-4-6-17-13)15-11(2)12-8-14-16(3)9-12/h4-6,8-11,15H,7H2,1-3H3. The van der Waals surface area contributed by atoms with E-state index in [4.69, 9.17) is 0 Å². The topological polar surface area (TPSA) is 29.9 Å². The predicted octanol–water partition coefficient (Wildman–Crippen LogP) is 2.76. The zero-order valence-electron chi connectivity index (χ0n) is 10.6. The maximum absolute atomic E-state index is 4.20. The van der Waals surface area contributed by atoms with Crippen molar-refractivity contribution in [2.24, 2.45) is 7.05 Å². The van der Waals surface area contributed by atoms with Crippen LogP contribution in [0.4, 0.5) is 0 Å². The van der Waals surface area contributed by atoms with E-state index in [1.54, 1.807) is 0 Å². The maximum Gasteiger partial charge on any atom is 0.0537 e. The summed E-state index contributed by atoms with van der Waals surface area (Å²) in [7, 11) is 1.95. The third-order valence-corrected chi connectivity index (χ3v) is 3.75. The number of rotatable bonds is 5. The third-order valence-electron chi connectivity index (χ3n) is 2.85. The molecule has 0 radical (unpaired) electrons. The summed E-state index contributed by atoms with van der Waals surface area (Å²) in [6.45, 7) is 4.41. The fourth-order valence-corrected chi connectivity index (χ4v) is 2.81. The molecule has 0 aliphatic heterocycles. The average Bonchev–Trinajstić information content (AvgIpc) is 2.89. The Morgan fingerprint density at radius 2 is 2.29 bits per heavy atom. The van der Waals surface area contributed by atoms with Crippen molar-refractivity contribution in [3.8, 4) is 0 Å². The zero-order chi connectivity index (χ0) is 12.3. The predicted molar refractivity (Wildman–Crippen MR) is 72.2 cm³/mol. The molecule has 4 heteroatoms. The van der Waals surface area contributed by atoms with Crippen LogP contribution in [0.5, 0.6) is 0 Å². The number of hydrogen-bond acceptors (Lipinski definition) is 3. The highest BCUT2D eigenvalue weighted by atomic mass is 32.1. The first-order valence-corrected chi connectivity index (χ1v) is 6.80. The van der Waals surface area contributed by atoms with Gasteiger partial charge in [0.1, 0.15) is 0 Å². The normalized spacial score (nSPS) is 14.8. The average molecular weight is 249 g/mol. The second-order valence-electron chi connectivity index (χ2n) is 4.52. The minimum atomic E-state index is 0.346. The van der Waals surface area contributed by atoms with Crippen LogP contribution >= 0.6 is 11.3 Å². The highest BCUT2D eigenvalue weighted by molar-refractivity contribution is 7.09. The van der Waals surface area contributed by atoms with Crippen LogP contribution in [0.1, 0.15) is 30.3 Å². The number of aromatic nitrogens is 2. The molecule has 0 saturated heterocycles. The molecule has 0 spiro atoms. The van der Waals surface area contributed by atoms with Crippen molar-refractivity contribution in [3.63, 3.8) is 0 Å². The number of aryl methyl sites for hydroxylation is 1. The van der Waals surface area contributed by atoms with Gasteiger partial charge in [-0.05, 0) is 31.7 Å². The second kappa shape index (κ2) is 5.47. The lowest BCUT2D eigenvalue weighted by Gasteiger charge is -2.18. The number of hydrogen-bond donors (Lipinski definition) is 1. The van der Waals surface area contributed by atoms with Gasteiger partial charge in [0, 0.05) is 35.8 Å². The van der Waals surface area contributed by atoms with Crippen LogP contribution in [0.25, 0.3) is 0 Å². The molecule has 0 fully saturated rings. The molecule has 3 nitrogen and oxygen atoms in total. The Labute approximate surface area is 106 Å². The Morgan fingerprint density at radius 3 is 2.88 bits per heavy atom. The van der Waals surface area contributed by atoms with Crippen LogP contribution in [0.15, 0.2) is 29.9 Å². The largest absolute Gasteiger partial charge is 0.307 e. The van der Waals surface area contributed by atoms with Crippen LogP contribution in [-0.4, -0.2) is 15.8 Å². The van der Waals surface area contributed by atoms with Gasteiger partial charge in [-0.2, -0.15) is 5.10 Å². The van der Waals surface area contributed by atoms with E-state index in [2.05, 4.69) is 48.0 Å². The van der Waals surface area contributed by atoms with E-state index < -0.39 is 0 Å². The lowest BCUT2D eigenvalue weighted by molar-refractivity contribution is 0.479. The first-order valence-electron chi connectivity index (χ1n) is 5.92. The molecular formula is C13H19N3S. The van der Waals surface area contributed by atoms with Gasteiger partial charge in [0.2, 0.25) is 0 Å². The summed E-state index contributed by atoms with van der Waals surface area (Å²) in [4.78, 5) is 1.43. The minimum Gasteiger partial charge on any atom is -0.307 e. The molecule has 0 amide bonds. The monoisotopic (exact) mass is 249 g/mol. The van der Waals surface area contributed by atoms with Crippen LogP contribution in [0, 0.1) is 0 Å². The zero-order valence-corrected chi connectivity index (χ0v) is 11.4. The molecule has 0 aliphatic carbocycles. The fourth-order valence-electron chi connectivity index (χ4n) is 1.98. The van der Waals surface area contributed by atoms with E-state index >= 15 is 0 Å². The molecule has 1 N–H and O–H groups in total. The molecule has 2 aromatic rings. The molecule has 2 atom stereocenters. The van der Waals surface area contributed by atoms with Crippen LogP contribution in [0.3, 0.4) is 0 Å². The van der Waals surface area contributed by atoms with Crippen molar-refractivity contribution < 1.29 is 0 Å². The van der Waals surface area contributed by atoms with E-state index in [0.717, 1.165) is 6.42 Å². The summed E-state index contributed by atoms with van der Waals surface area (Å²) in [6.07, 6.45) is 5.08. The Bertz CT molecular complexity index is 447. The summed E-state index contributed by atoms with van der Waals surface area (Å²) < 4.78 is 1.84. The number of thiophene rings is 1. The minimum absolute atomic E-state index is 0.346. The van der Waals surface area contributed by atoms with E-state index in [1.807, 2.05) is 29.3 Å². The SMILES string of the molecule is CC(Cc1cccs1)NC(C)c1cnn(C)c1. The fraction of sp³-hybridized carbons (Fsp3) is 0.462.